The van der Waals surface area contributed by atoms with Crippen molar-refractivity contribution in [3.63, 3.8) is 0 Å². The first kappa shape index (κ1) is 11.8. The lowest BCUT2D eigenvalue weighted by molar-refractivity contribution is -0.139. The average molecular weight is 215 g/mol. The molecule has 0 aromatic heterocycles. The molecule has 0 aliphatic carbocycles. The molecule has 5 heteroatoms. The number of hydrogen-bond acceptors (Lipinski definition) is 3. The van der Waals surface area contributed by atoms with Gasteiger partial charge in [0.25, 0.3) is 0 Å². The van der Waals surface area contributed by atoms with Crippen LogP contribution in [-0.2, 0) is 9.53 Å². The van der Waals surface area contributed by atoms with Gasteiger partial charge in [-0.1, -0.05) is 0 Å². The summed E-state index contributed by atoms with van der Waals surface area (Å²) in [5, 5.41) is 8.60. The van der Waals surface area contributed by atoms with Gasteiger partial charge in [-0.25, -0.2) is 4.79 Å². The van der Waals surface area contributed by atoms with Gasteiger partial charge in [0.2, 0.25) is 0 Å². The fraction of sp³-hybridized carbons (Fsp3) is 0.800. The zero-order chi connectivity index (χ0) is 11.6. The second kappa shape index (κ2) is 4.08. The van der Waals surface area contributed by atoms with Crippen LogP contribution in [0.1, 0.15) is 33.6 Å². The molecule has 1 saturated heterocycles. The highest BCUT2D eigenvalue weighted by Gasteiger charge is 2.36. The molecule has 1 atom stereocenters. The number of ether oxygens (including phenoxy) is 1. The Balaban J connectivity index is 2.44. The Hall–Kier alpha value is -1.26. The Kier molecular flexibility index (Phi) is 3.21. The quantitative estimate of drug-likeness (QED) is 0.757. The van der Waals surface area contributed by atoms with Crippen molar-refractivity contribution in [1.29, 1.82) is 0 Å². The van der Waals surface area contributed by atoms with E-state index >= 15 is 0 Å². The number of hydrogen-bond donors (Lipinski definition) is 1. The molecule has 0 spiro atoms. The van der Waals surface area contributed by atoms with E-state index in [1.165, 1.54) is 4.90 Å². The minimum Gasteiger partial charge on any atom is -0.481 e. The Labute approximate surface area is 89.0 Å². The SMILES string of the molecule is CC(C)(C)OC(=O)N1CC[C@@H]1CC(=O)O. The predicted molar refractivity (Wildman–Crippen MR) is 53.6 cm³/mol. The van der Waals surface area contributed by atoms with Crippen LogP contribution in [0.2, 0.25) is 0 Å². The van der Waals surface area contributed by atoms with Crippen LogP contribution < -0.4 is 0 Å². The minimum absolute atomic E-state index is 0.000751. The molecule has 1 fully saturated rings. The molecule has 1 N–H and O–H groups in total. The molecule has 0 unspecified atom stereocenters. The lowest BCUT2D eigenvalue weighted by atomic mass is 10.0. The molecule has 0 radical (unpaired) electrons. The van der Waals surface area contributed by atoms with E-state index in [1.807, 2.05) is 0 Å². The van der Waals surface area contributed by atoms with Crippen molar-refractivity contribution < 1.29 is 19.4 Å². The molecule has 86 valence electrons. The fourth-order valence-corrected chi connectivity index (χ4v) is 1.42. The van der Waals surface area contributed by atoms with E-state index in [0.29, 0.717) is 6.54 Å². The molecule has 0 saturated carbocycles. The van der Waals surface area contributed by atoms with Crippen LogP contribution in [0.15, 0.2) is 0 Å². The third kappa shape index (κ3) is 3.42. The van der Waals surface area contributed by atoms with Gasteiger partial charge in [0.05, 0.1) is 6.42 Å². The van der Waals surface area contributed by atoms with Crippen molar-refractivity contribution in [2.45, 2.75) is 45.3 Å². The second-order valence-electron chi connectivity index (χ2n) is 4.71. The van der Waals surface area contributed by atoms with Gasteiger partial charge in [-0.05, 0) is 27.2 Å². The predicted octanol–water partition coefficient (Wildman–Crippen LogP) is 1.47. The van der Waals surface area contributed by atoms with E-state index in [1.54, 1.807) is 20.8 Å². The zero-order valence-corrected chi connectivity index (χ0v) is 9.32. The maximum Gasteiger partial charge on any atom is 0.410 e. The number of rotatable bonds is 2. The third-order valence-electron chi connectivity index (χ3n) is 2.18. The number of likely N-dealkylation sites (tertiary alicyclic amines) is 1. The van der Waals surface area contributed by atoms with Gasteiger partial charge in [0.1, 0.15) is 5.60 Å². The summed E-state index contributed by atoms with van der Waals surface area (Å²) < 4.78 is 5.15. The molecule has 5 nitrogen and oxygen atoms in total. The average Bonchev–Trinajstić information content (AvgIpc) is 1.93. The molecule has 1 aliphatic rings. The molecule has 1 heterocycles. The number of amides is 1. The van der Waals surface area contributed by atoms with E-state index in [4.69, 9.17) is 9.84 Å². The number of nitrogens with zero attached hydrogens (tertiary/aromatic N) is 1. The monoisotopic (exact) mass is 215 g/mol. The number of aliphatic carboxylic acids is 1. The van der Waals surface area contributed by atoms with Crippen LogP contribution in [0.3, 0.4) is 0 Å². The Bertz CT molecular complexity index is 269. The molecule has 15 heavy (non-hydrogen) atoms. The topological polar surface area (TPSA) is 66.8 Å². The number of carbonyl (C=O) groups excluding carboxylic acids is 1. The van der Waals surface area contributed by atoms with Gasteiger partial charge in [-0.15, -0.1) is 0 Å². The first-order chi connectivity index (χ1) is 6.79. The largest absolute Gasteiger partial charge is 0.481 e. The van der Waals surface area contributed by atoms with Crippen LogP contribution in [0.25, 0.3) is 0 Å². The Morgan fingerprint density at radius 1 is 1.47 bits per heavy atom. The highest BCUT2D eigenvalue weighted by Crippen LogP contribution is 2.23. The van der Waals surface area contributed by atoms with Crippen molar-refractivity contribution in [2.24, 2.45) is 0 Å². The molecule has 1 aliphatic heterocycles. The van der Waals surface area contributed by atoms with Crippen LogP contribution in [0.4, 0.5) is 4.79 Å². The summed E-state index contributed by atoms with van der Waals surface area (Å²) in [7, 11) is 0. The van der Waals surface area contributed by atoms with Crippen LogP contribution in [0, 0.1) is 0 Å². The molecule has 1 rings (SSSR count). The molecule has 1 amide bonds. The molecule has 0 bridgehead atoms. The molecule has 0 aromatic rings. The maximum absolute atomic E-state index is 11.5. The number of carboxylic acids is 1. The van der Waals surface area contributed by atoms with Crippen molar-refractivity contribution in [3.8, 4) is 0 Å². The molecular weight excluding hydrogens is 198 g/mol. The summed E-state index contributed by atoms with van der Waals surface area (Å²) >= 11 is 0. The third-order valence-corrected chi connectivity index (χ3v) is 2.18. The van der Waals surface area contributed by atoms with Gasteiger partial charge in [0, 0.05) is 12.6 Å². The van der Waals surface area contributed by atoms with E-state index in [2.05, 4.69) is 0 Å². The summed E-state index contributed by atoms with van der Waals surface area (Å²) in [6.45, 7) is 5.96. The van der Waals surface area contributed by atoms with Crippen LogP contribution in [-0.4, -0.2) is 40.3 Å². The lowest BCUT2D eigenvalue weighted by Crippen LogP contribution is -2.53. The highest BCUT2D eigenvalue weighted by atomic mass is 16.6. The van der Waals surface area contributed by atoms with Gasteiger partial charge in [0.15, 0.2) is 0 Å². The Morgan fingerprint density at radius 3 is 2.40 bits per heavy atom. The van der Waals surface area contributed by atoms with Crippen molar-refractivity contribution in [3.05, 3.63) is 0 Å². The van der Waals surface area contributed by atoms with Gasteiger partial charge in [-0.3, -0.25) is 4.79 Å². The van der Waals surface area contributed by atoms with E-state index in [9.17, 15) is 9.59 Å². The van der Waals surface area contributed by atoms with Gasteiger partial charge >= 0.3 is 12.1 Å². The van der Waals surface area contributed by atoms with Crippen molar-refractivity contribution in [2.75, 3.05) is 6.54 Å². The normalized spacial score (nSPS) is 20.7. The summed E-state index contributed by atoms with van der Waals surface area (Å²) in [4.78, 5) is 23.5. The Morgan fingerprint density at radius 2 is 2.07 bits per heavy atom. The standard InChI is InChI=1S/C10H17NO4/c1-10(2,3)15-9(14)11-5-4-7(11)6-8(12)13/h7H,4-6H2,1-3H3,(H,12,13)/t7-/m1/s1. The summed E-state index contributed by atoms with van der Waals surface area (Å²) in [6, 6.07) is -0.197. The summed E-state index contributed by atoms with van der Waals surface area (Å²) in [6.07, 6.45) is 0.324. The van der Waals surface area contributed by atoms with Crippen molar-refractivity contribution in [1.82, 2.24) is 4.90 Å². The van der Waals surface area contributed by atoms with E-state index in [0.717, 1.165) is 6.42 Å². The smallest absolute Gasteiger partial charge is 0.410 e. The van der Waals surface area contributed by atoms with Crippen LogP contribution in [0.5, 0.6) is 0 Å². The zero-order valence-electron chi connectivity index (χ0n) is 9.32. The fourth-order valence-electron chi connectivity index (χ4n) is 1.42. The minimum atomic E-state index is -0.881. The highest BCUT2D eigenvalue weighted by molar-refractivity contribution is 5.72. The number of carbonyl (C=O) groups is 2. The summed E-state index contributed by atoms with van der Waals surface area (Å²) in [5.41, 5.74) is -0.527. The first-order valence-electron chi connectivity index (χ1n) is 5.01. The second-order valence-corrected chi connectivity index (χ2v) is 4.71. The summed E-state index contributed by atoms with van der Waals surface area (Å²) in [5.74, 6) is -0.881. The van der Waals surface area contributed by atoms with Crippen LogP contribution >= 0.6 is 0 Å². The van der Waals surface area contributed by atoms with Gasteiger partial charge in [-0.2, -0.15) is 0 Å². The van der Waals surface area contributed by atoms with Crippen molar-refractivity contribution >= 4 is 12.1 Å². The van der Waals surface area contributed by atoms with Gasteiger partial charge < -0.3 is 14.7 Å². The molecular formula is C10H17NO4. The first-order valence-corrected chi connectivity index (χ1v) is 5.01. The van der Waals surface area contributed by atoms with E-state index < -0.39 is 17.7 Å². The molecule has 0 aromatic carbocycles. The van der Waals surface area contributed by atoms with E-state index in [-0.39, 0.29) is 12.5 Å². The lowest BCUT2D eigenvalue weighted by Gasteiger charge is -2.40. The maximum atomic E-state index is 11.5. The number of carboxylic acid groups (broad SMARTS) is 1.